The molecule has 0 bridgehead atoms. The van der Waals surface area contributed by atoms with Crippen LogP contribution in [0.5, 0.6) is 0 Å². The van der Waals surface area contributed by atoms with Gasteiger partial charge in [0.2, 0.25) is 0 Å². The summed E-state index contributed by atoms with van der Waals surface area (Å²) in [4.78, 5) is 1.42. The predicted octanol–water partition coefficient (Wildman–Crippen LogP) is 5.25. The zero-order valence-corrected chi connectivity index (χ0v) is 13.4. The van der Waals surface area contributed by atoms with Gasteiger partial charge in [-0.1, -0.05) is 57.6 Å². The maximum atomic E-state index is 3.20. The second kappa shape index (κ2) is 11.4. The van der Waals surface area contributed by atoms with Crippen LogP contribution in [-0.4, -0.2) is 12.8 Å². The van der Waals surface area contributed by atoms with Crippen molar-refractivity contribution in [1.29, 1.82) is 0 Å². The van der Waals surface area contributed by atoms with Crippen molar-refractivity contribution in [2.45, 2.75) is 63.3 Å². The molecule has 0 amide bonds. The van der Waals surface area contributed by atoms with Crippen molar-refractivity contribution in [2.75, 3.05) is 12.8 Å². The molecule has 19 heavy (non-hydrogen) atoms. The minimum Gasteiger partial charge on any atom is -0.316 e. The number of hydrogen-bond donors (Lipinski definition) is 1. The van der Waals surface area contributed by atoms with Gasteiger partial charge in [0.15, 0.2) is 0 Å². The summed E-state index contributed by atoms with van der Waals surface area (Å²) in [7, 11) is 2.00. The maximum Gasteiger partial charge on any atom is 0.0202 e. The largest absolute Gasteiger partial charge is 0.316 e. The van der Waals surface area contributed by atoms with Crippen molar-refractivity contribution in [3.05, 3.63) is 29.8 Å². The molecule has 1 nitrogen and oxygen atoms in total. The first kappa shape index (κ1) is 16.6. The fourth-order valence-electron chi connectivity index (χ4n) is 2.20. The van der Waals surface area contributed by atoms with Crippen LogP contribution in [-0.2, 0) is 6.54 Å². The van der Waals surface area contributed by atoms with E-state index in [2.05, 4.69) is 36.5 Å². The molecular formula is C17H29NS. The smallest absolute Gasteiger partial charge is 0.0202 e. The molecule has 1 aromatic carbocycles. The van der Waals surface area contributed by atoms with Gasteiger partial charge in [0.25, 0.3) is 0 Å². The Bertz CT molecular complexity index is 325. The molecule has 0 aliphatic heterocycles. The SMILES string of the molecule is CCCCCCCCCSc1cccc(CNC)c1. The number of nitrogens with one attached hydrogen (secondary N) is 1. The van der Waals surface area contributed by atoms with Gasteiger partial charge in [-0.15, -0.1) is 11.8 Å². The standard InChI is InChI=1S/C17H29NS/c1-3-4-5-6-7-8-9-13-19-17-12-10-11-16(14-17)15-18-2/h10-12,14,18H,3-9,13,15H2,1-2H3. The van der Waals surface area contributed by atoms with Gasteiger partial charge in [0, 0.05) is 11.4 Å². The first-order valence-electron chi connectivity index (χ1n) is 7.73. The van der Waals surface area contributed by atoms with E-state index in [0.717, 1.165) is 6.54 Å². The number of unbranched alkanes of at least 4 members (excludes halogenated alkanes) is 6. The minimum absolute atomic E-state index is 0.964. The molecule has 0 radical (unpaired) electrons. The molecule has 1 N–H and O–H groups in total. The molecule has 0 unspecified atom stereocenters. The molecule has 0 aliphatic rings. The highest BCUT2D eigenvalue weighted by Gasteiger charge is 1.97. The molecule has 0 saturated carbocycles. The molecule has 0 fully saturated rings. The summed E-state index contributed by atoms with van der Waals surface area (Å²) in [5, 5.41) is 3.20. The Morgan fingerprint density at radius 1 is 1.00 bits per heavy atom. The van der Waals surface area contributed by atoms with Crippen molar-refractivity contribution in [2.24, 2.45) is 0 Å². The highest BCUT2D eigenvalue weighted by atomic mass is 32.2. The second-order valence-electron chi connectivity index (χ2n) is 5.15. The van der Waals surface area contributed by atoms with Gasteiger partial charge in [0.1, 0.15) is 0 Å². The second-order valence-corrected chi connectivity index (χ2v) is 6.32. The number of hydrogen-bond acceptors (Lipinski definition) is 2. The van der Waals surface area contributed by atoms with E-state index in [1.165, 1.54) is 61.2 Å². The van der Waals surface area contributed by atoms with Crippen LogP contribution in [0.3, 0.4) is 0 Å². The molecule has 1 rings (SSSR count). The zero-order chi connectivity index (χ0) is 13.8. The summed E-state index contributed by atoms with van der Waals surface area (Å²) in [6.07, 6.45) is 9.78. The molecule has 108 valence electrons. The van der Waals surface area contributed by atoms with Crippen LogP contribution in [0.4, 0.5) is 0 Å². The molecule has 0 atom stereocenters. The number of benzene rings is 1. The lowest BCUT2D eigenvalue weighted by Crippen LogP contribution is -2.04. The van der Waals surface area contributed by atoms with Gasteiger partial charge in [-0.2, -0.15) is 0 Å². The van der Waals surface area contributed by atoms with E-state index >= 15 is 0 Å². The third-order valence-electron chi connectivity index (χ3n) is 3.30. The van der Waals surface area contributed by atoms with E-state index < -0.39 is 0 Å². The topological polar surface area (TPSA) is 12.0 Å². The van der Waals surface area contributed by atoms with Gasteiger partial charge in [-0.25, -0.2) is 0 Å². The van der Waals surface area contributed by atoms with Crippen LogP contribution in [0.25, 0.3) is 0 Å². The fourth-order valence-corrected chi connectivity index (χ4v) is 3.19. The summed E-state index contributed by atoms with van der Waals surface area (Å²) in [6.45, 7) is 3.24. The average molecular weight is 279 g/mol. The Balaban J connectivity index is 2.07. The molecule has 1 aromatic rings. The van der Waals surface area contributed by atoms with Crippen LogP contribution < -0.4 is 5.32 Å². The lowest BCUT2D eigenvalue weighted by atomic mass is 10.1. The lowest BCUT2D eigenvalue weighted by Gasteiger charge is -2.05. The Kier molecular flexibility index (Phi) is 9.92. The van der Waals surface area contributed by atoms with Crippen LogP contribution in [0.2, 0.25) is 0 Å². The number of rotatable bonds is 11. The molecule has 0 spiro atoms. The van der Waals surface area contributed by atoms with Crippen molar-refractivity contribution < 1.29 is 0 Å². The normalized spacial score (nSPS) is 10.8. The Morgan fingerprint density at radius 2 is 1.74 bits per heavy atom. The van der Waals surface area contributed by atoms with Gasteiger partial charge < -0.3 is 5.32 Å². The van der Waals surface area contributed by atoms with Gasteiger partial charge >= 0.3 is 0 Å². The molecule has 0 heterocycles. The highest BCUT2D eigenvalue weighted by molar-refractivity contribution is 7.99. The maximum absolute atomic E-state index is 3.20. The Labute approximate surface area is 123 Å². The van der Waals surface area contributed by atoms with Gasteiger partial charge in [0.05, 0.1) is 0 Å². The molecule has 0 saturated heterocycles. The zero-order valence-electron chi connectivity index (χ0n) is 12.6. The van der Waals surface area contributed by atoms with Gasteiger partial charge in [-0.05, 0) is 36.9 Å². The summed E-state index contributed by atoms with van der Waals surface area (Å²) in [5.74, 6) is 1.26. The first-order chi connectivity index (χ1) is 9.36. The van der Waals surface area contributed by atoms with E-state index in [1.54, 1.807) is 0 Å². The van der Waals surface area contributed by atoms with E-state index in [1.807, 2.05) is 18.8 Å². The van der Waals surface area contributed by atoms with Gasteiger partial charge in [-0.3, -0.25) is 0 Å². The summed E-state index contributed by atoms with van der Waals surface area (Å²) in [6, 6.07) is 8.89. The molecule has 0 aromatic heterocycles. The van der Waals surface area contributed by atoms with Crippen molar-refractivity contribution >= 4 is 11.8 Å². The first-order valence-corrected chi connectivity index (χ1v) is 8.71. The van der Waals surface area contributed by atoms with Crippen molar-refractivity contribution in [1.82, 2.24) is 5.32 Å². The number of thioether (sulfide) groups is 1. The van der Waals surface area contributed by atoms with Crippen LogP contribution in [0.15, 0.2) is 29.2 Å². The van der Waals surface area contributed by atoms with Crippen LogP contribution in [0, 0.1) is 0 Å². The van der Waals surface area contributed by atoms with Crippen molar-refractivity contribution in [3.8, 4) is 0 Å². The van der Waals surface area contributed by atoms with E-state index in [-0.39, 0.29) is 0 Å². The van der Waals surface area contributed by atoms with E-state index in [4.69, 9.17) is 0 Å². The monoisotopic (exact) mass is 279 g/mol. The van der Waals surface area contributed by atoms with Crippen LogP contribution in [0.1, 0.15) is 57.4 Å². The molecular weight excluding hydrogens is 250 g/mol. The summed E-state index contributed by atoms with van der Waals surface area (Å²) < 4.78 is 0. The Hall–Kier alpha value is -0.470. The summed E-state index contributed by atoms with van der Waals surface area (Å²) >= 11 is 2.00. The molecule has 2 heteroatoms. The highest BCUT2D eigenvalue weighted by Crippen LogP contribution is 2.21. The predicted molar refractivity (Wildman–Crippen MR) is 87.9 cm³/mol. The lowest BCUT2D eigenvalue weighted by molar-refractivity contribution is 0.603. The average Bonchev–Trinajstić information content (AvgIpc) is 2.43. The molecule has 0 aliphatic carbocycles. The summed E-state index contributed by atoms with van der Waals surface area (Å²) in [5.41, 5.74) is 1.38. The third-order valence-corrected chi connectivity index (χ3v) is 4.38. The van der Waals surface area contributed by atoms with E-state index in [9.17, 15) is 0 Å². The minimum atomic E-state index is 0.964. The van der Waals surface area contributed by atoms with Crippen LogP contribution >= 0.6 is 11.8 Å². The van der Waals surface area contributed by atoms with E-state index in [0.29, 0.717) is 0 Å². The quantitative estimate of drug-likeness (QED) is 0.438. The fraction of sp³-hybridized carbons (Fsp3) is 0.647. The third kappa shape index (κ3) is 8.33. The van der Waals surface area contributed by atoms with Crippen molar-refractivity contribution in [3.63, 3.8) is 0 Å². The Morgan fingerprint density at radius 3 is 2.47 bits per heavy atom.